The molecule has 2 heterocycles. The second-order valence-electron chi connectivity index (χ2n) is 6.34. The molecule has 0 saturated heterocycles. The third kappa shape index (κ3) is 4.22. The van der Waals surface area contributed by atoms with Crippen LogP contribution in [0.3, 0.4) is 0 Å². The molecule has 1 unspecified atom stereocenters. The van der Waals surface area contributed by atoms with Gasteiger partial charge in [-0.05, 0) is 29.3 Å². The monoisotopic (exact) mass is 430 g/mol. The third-order valence-electron chi connectivity index (χ3n) is 4.42. The standard InChI is InChI=1S/C21H16Cl2N2O2S/c22-17-4-2-1-3-16(17)13-5-7-14(8-6-13)18-11-15(27-25-18)12-24-21(26)19-9-10-20(23)28-19/h1-10,15H,11-12H2,(H,24,26). The Morgan fingerprint density at radius 1 is 1.07 bits per heavy atom. The van der Waals surface area contributed by atoms with Crippen molar-refractivity contribution in [3.8, 4) is 11.1 Å². The average molecular weight is 431 g/mol. The van der Waals surface area contributed by atoms with Gasteiger partial charge in [0.25, 0.3) is 5.91 Å². The summed E-state index contributed by atoms with van der Waals surface area (Å²) < 4.78 is 0.591. The van der Waals surface area contributed by atoms with Gasteiger partial charge in [-0.3, -0.25) is 4.79 Å². The van der Waals surface area contributed by atoms with Gasteiger partial charge in [-0.1, -0.05) is 70.8 Å². The van der Waals surface area contributed by atoms with Crippen LogP contribution in [0.2, 0.25) is 9.36 Å². The van der Waals surface area contributed by atoms with Crippen LogP contribution in [0.5, 0.6) is 0 Å². The minimum absolute atomic E-state index is 0.155. The van der Waals surface area contributed by atoms with Gasteiger partial charge < -0.3 is 10.2 Å². The summed E-state index contributed by atoms with van der Waals surface area (Å²) in [7, 11) is 0. The predicted octanol–water partition coefficient (Wildman–Crippen LogP) is 5.64. The zero-order chi connectivity index (χ0) is 19.5. The van der Waals surface area contributed by atoms with Crippen molar-refractivity contribution in [2.75, 3.05) is 6.54 Å². The summed E-state index contributed by atoms with van der Waals surface area (Å²) in [6.07, 6.45) is 0.453. The van der Waals surface area contributed by atoms with Gasteiger partial charge in [0.1, 0.15) is 6.10 Å². The van der Waals surface area contributed by atoms with E-state index in [4.69, 9.17) is 28.0 Å². The molecule has 4 nitrogen and oxygen atoms in total. The van der Waals surface area contributed by atoms with Crippen LogP contribution in [-0.2, 0) is 4.84 Å². The Labute approximate surface area is 176 Å². The number of benzene rings is 2. The predicted molar refractivity (Wildman–Crippen MR) is 115 cm³/mol. The van der Waals surface area contributed by atoms with Crippen LogP contribution in [0.25, 0.3) is 11.1 Å². The SMILES string of the molecule is O=C(NCC1CC(c2ccc(-c3ccccc3Cl)cc2)=NO1)c1ccc(Cl)s1. The molecular weight excluding hydrogens is 415 g/mol. The number of carbonyl (C=O) groups is 1. The first-order valence-electron chi connectivity index (χ1n) is 8.72. The smallest absolute Gasteiger partial charge is 0.261 e. The van der Waals surface area contributed by atoms with Gasteiger partial charge in [0.2, 0.25) is 0 Å². The minimum Gasteiger partial charge on any atom is -0.390 e. The first-order chi connectivity index (χ1) is 13.6. The van der Waals surface area contributed by atoms with Gasteiger partial charge >= 0.3 is 0 Å². The molecule has 0 spiro atoms. The molecule has 7 heteroatoms. The molecule has 4 rings (SSSR count). The van der Waals surface area contributed by atoms with E-state index in [0.717, 1.165) is 27.4 Å². The molecule has 1 aromatic heterocycles. The van der Waals surface area contributed by atoms with Crippen LogP contribution in [0.4, 0.5) is 0 Å². The van der Waals surface area contributed by atoms with E-state index in [9.17, 15) is 4.79 Å². The van der Waals surface area contributed by atoms with E-state index in [1.54, 1.807) is 12.1 Å². The van der Waals surface area contributed by atoms with Crippen LogP contribution >= 0.6 is 34.5 Å². The van der Waals surface area contributed by atoms with Crippen LogP contribution in [0.15, 0.2) is 65.8 Å². The fourth-order valence-electron chi connectivity index (χ4n) is 2.98. The second-order valence-corrected chi connectivity index (χ2v) is 8.46. The molecule has 0 radical (unpaired) electrons. The average Bonchev–Trinajstić information content (AvgIpc) is 3.36. The normalized spacial score (nSPS) is 15.8. The van der Waals surface area contributed by atoms with E-state index in [0.29, 0.717) is 22.2 Å². The van der Waals surface area contributed by atoms with Crippen LogP contribution in [0.1, 0.15) is 21.7 Å². The van der Waals surface area contributed by atoms with Crippen molar-refractivity contribution in [2.24, 2.45) is 5.16 Å². The van der Waals surface area contributed by atoms with E-state index < -0.39 is 0 Å². The number of rotatable bonds is 5. The highest BCUT2D eigenvalue weighted by Gasteiger charge is 2.23. The lowest BCUT2D eigenvalue weighted by Crippen LogP contribution is -2.31. The van der Waals surface area contributed by atoms with Crippen molar-refractivity contribution in [3.05, 3.63) is 80.5 Å². The summed E-state index contributed by atoms with van der Waals surface area (Å²) in [6.45, 7) is 0.388. The molecule has 0 saturated carbocycles. The number of hydrogen-bond donors (Lipinski definition) is 1. The lowest BCUT2D eigenvalue weighted by Gasteiger charge is -2.09. The Morgan fingerprint density at radius 2 is 1.82 bits per heavy atom. The number of oxime groups is 1. The molecule has 28 heavy (non-hydrogen) atoms. The first-order valence-corrected chi connectivity index (χ1v) is 10.3. The summed E-state index contributed by atoms with van der Waals surface area (Å²) in [5, 5.41) is 7.77. The quantitative estimate of drug-likeness (QED) is 0.568. The molecular formula is C21H16Cl2N2O2S. The van der Waals surface area contributed by atoms with Gasteiger partial charge in [-0.2, -0.15) is 0 Å². The number of hydrogen-bond acceptors (Lipinski definition) is 4. The van der Waals surface area contributed by atoms with Crippen molar-refractivity contribution in [3.63, 3.8) is 0 Å². The highest BCUT2D eigenvalue weighted by atomic mass is 35.5. The third-order valence-corrected chi connectivity index (χ3v) is 5.98. The Balaban J connectivity index is 1.35. The Bertz CT molecular complexity index is 1030. The molecule has 142 valence electrons. The maximum absolute atomic E-state index is 12.1. The largest absolute Gasteiger partial charge is 0.390 e. The molecule has 1 atom stereocenters. The molecule has 3 aromatic rings. The molecule has 1 aliphatic heterocycles. The maximum Gasteiger partial charge on any atom is 0.261 e. The van der Waals surface area contributed by atoms with E-state index in [2.05, 4.69) is 10.5 Å². The van der Waals surface area contributed by atoms with Gasteiger partial charge in [0.15, 0.2) is 0 Å². The number of amides is 1. The number of thiophene rings is 1. The van der Waals surface area contributed by atoms with E-state index in [-0.39, 0.29) is 12.0 Å². The first kappa shape index (κ1) is 19.0. The fourth-order valence-corrected chi connectivity index (χ4v) is 4.18. The van der Waals surface area contributed by atoms with Gasteiger partial charge in [0.05, 0.1) is 21.5 Å². The summed E-state index contributed by atoms with van der Waals surface area (Å²) >= 11 is 13.4. The molecule has 2 aromatic carbocycles. The summed E-state index contributed by atoms with van der Waals surface area (Å²) in [5.41, 5.74) is 3.90. The van der Waals surface area contributed by atoms with Gasteiger partial charge in [-0.15, -0.1) is 11.3 Å². The molecule has 0 bridgehead atoms. The van der Waals surface area contributed by atoms with Crippen LogP contribution in [0, 0.1) is 0 Å². The van der Waals surface area contributed by atoms with E-state index in [1.165, 1.54) is 11.3 Å². The van der Waals surface area contributed by atoms with Crippen molar-refractivity contribution < 1.29 is 9.63 Å². The number of nitrogens with one attached hydrogen (secondary N) is 1. The van der Waals surface area contributed by atoms with Crippen LogP contribution < -0.4 is 5.32 Å². The second kappa shape index (κ2) is 8.35. The summed E-state index contributed by atoms with van der Waals surface area (Å²) in [6, 6.07) is 19.2. The fraction of sp³-hybridized carbons (Fsp3) is 0.143. The number of halogens is 2. The van der Waals surface area contributed by atoms with E-state index in [1.807, 2.05) is 48.5 Å². The lowest BCUT2D eigenvalue weighted by molar-refractivity contribution is 0.0755. The topological polar surface area (TPSA) is 50.7 Å². The minimum atomic E-state index is -0.183. The number of nitrogens with zero attached hydrogens (tertiary/aromatic N) is 1. The van der Waals surface area contributed by atoms with Crippen molar-refractivity contribution in [1.82, 2.24) is 5.32 Å². The summed E-state index contributed by atoms with van der Waals surface area (Å²) in [4.78, 5) is 18.2. The Morgan fingerprint density at radius 3 is 2.54 bits per heavy atom. The van der Waals surface area contributed by atoms with Crippen molar-refractivity contribution >= 4 is 46.2 Å². The zero-order valence-corrected chi connectivity index (χ0v) is 17.0. The van der Waals surface area contributed by atoms with Crippen molar-refractivity contribution in [1.29, 1.82) is 0 Å². The molecule has 0 aliphatic carbocycles. The number of carbonyl (C=O) groups excluding carboxylic acids is 1. The summed E-state index contributed by atoms with van der Waals surface area (Å²) in [5.74, 6) is -0.155. The molecule has 1 amide bonds. The lowest BCUT2D eigenvalue weighted by atomic mass is 10.00. The molecule has 1 N–H and O–H groups in total. The van der Waals surface area contributed by atoms with Crippen LogP contribution in [-0.4, -0.2) is 24.3 Å². The van der Waals surface area contributed by atoms with Crippen molar-refractivity contribution in [2.45, 2.75) is 12.5 Å². The highest BCUT2D eigenvalue weighted by Crippen LogP contribution is 2.28. The highest BCUT2D eigenvalue weighted by molar-refractivity contribution is 7.18. The van der Waals surface area contributed by atoms with Gasteiger partial charge in [-0.25, -0.2) is 0 Å². The Hall–Kier alpha value is -2.34. The maximum atomic E-state index is 12.1. The zero-order valence-electron chi connectivity index (χ0n) is 14.7. The molecule has 0 fully saturated rings. The van der Waals surface area contributed by atoms with E-state index >= 15 is 0 Å². The Kier molecular flexibility index (Phi) is 5.67. The molecule has 1 aliphatic rings. The van der Waals surface area contributed by atoms with Gasteiger partial charge in [0, 0.05) is 17.0 Å².